The summed E-state index contributed by atoms with van der Waals surface area (Å²) < 4.78 is 30.3. The second kappa shape index (κ2) is 6.84. The van der Waals surface area contributed by atoms with E-state index in [1.807, 2.05) is 6.92 Å². The van der Waals surface area contributed by atoms with Gasteiger partial charge in [-0.1, -0.05) is 6.92 Å². The fourth-order valence-corrected chi connectivity index (χ4v) is 3.33. The van der Waals surface area contributed by atoms with Crippen LogP contribution in [0.3, 0.4) is 0 Å². The van der Waals surface area contributed by atoms with Crippen molar-refractivity contribution in [3.63, 3.8) is 0 Å². The second-order valence-electron chi connectivity index (χ2n) is 5.78. The van der Waals surface area contributed by atoms with Crippen molar-refractivity contribution < 1.29 is 17.9 Å². The highest BCUT2D eigenvalue weighted by molar-refractivity contribution is 7.88. The fourth-order valence-electron chi connectivity index (χ4n) is 2.25. The molecule has 1 heterocycles. The van der Waals surface area contributed by atoms with Crippen LogP contribution in [-0.4, -0.2) is 58.5 Å². The van der Waals surface area contributed by atoms with Crippen LogP contribution in [0.1, 0.15) is 20.8 Å². The molecule has 0 aromatic rings. The van der Waals surface area contributed by atoms with Gasteiger partial charge in [-0.05, 0) is 20.4 Å². The molecule has 0 bridgehead atoms. The molecule has 8 heteroatoms. The lowest BCUT2D eigenvalue weighted by molar-refractivity contribution is -0.125. The summed E-state index contributed by atoms with van der Waals surface area (Å²) >= 11 is 0. The standard InChI is InChI=1S/C12H25N3O4S/c1-5-13-10-7-19-6-9(10)11(16)14-8-12(2,3)15-20(4,17)18/h9-10,13,15H,5-8H2,1-4H3,(H,14,16). The lowest BCUT2D eigenvalue weighted by Gasteiger charge is -2.26. The number of hydrogen-bond acceptors (Lipinski definition) is 5. The summed E-state index contributed by atoms with van der Waals surface area (Å²) in [6.07, 6.45) is 1.10. The molecule has 118 valence electrons. The number of likely N-dealkylation sites (N-methyl/N-ethyl adjacent to an activating group) is 1. The molecule has 1 fully saturated rings. The van der Waals surface area contributed by atoms with Gasteiger partial charge < -0.3 is 15.4 Å². The molecule has 2 unspecified atom stereocenters. The Labute approximate surface area is 120 Å². The summed E-state index contributed by atoms with van der Waals surface area (Å²) in [7, 11) is -3.31. The molecule has 0 aromatic carbocycles. The minimum Gasteiger partial charge on any atom is -0.379 e. The quantitative estimate of drug-likeness (QED) is 0.564. The summed E-state index contributed by atoms with van der Waals surface area (Å²) in [4.78, 5) is 12.1. The minimum atomic E-state index is -3.31. The van der Waals surface area contributed by atoms with Gasteiger partial charge in [0, 0.05) is 18.1 Å². The molecule has 0 spiro atoms. The Kier molecular flexibility index (Phi) is 5.93. The van der Waals surface area contributed by atoms with Crippen LogP contribution in [-0.2, 0) is 19.6 Å². The molecule has 2 atom stereocenters. The molecule has 3 N–H and O–H groups in total. The van der Waals surface area contributed by atoms with Gasteiger partial charge in [-0.15, -0.1) is 0 Å². The molecular formula is C12H25N3O4S. The van der Waals surface area contributed by atoms with Gasteiger partial charge >= 0.3 is 0 Å². The molecule has 1 aliphatic heterocycles. The maximum absolute atomic E-state index is 12.1. The number of sulfonamides is 1. The number of hydrogen-bond donors (Lipinski definition) is 3. The Morgan fingerprint density at radius 2 is 2.00 bits per heavy atom. The van der Waals surface area contributed by atoms with E-state index >= 15 is 0 Å². The van der Waals surface area contributed by atoms with E-state index in [-0.39, 0.29) is 24.4 Å². The Balaban J connectivity index is 2.50. The molecule has 0 aliphatic carbocycles. The van der Waals surface area contributed by atoms with E-state index in [0.29, 0.717) is 13.2 Å². The average molecular weight is 307 g/mol. The van der Waals surface area contributed by atoms with E-state index in [0.717, 1.165) is 12.8 Å². The van der Waals surface area contributed by atoms with E-state index in [9.17, 15) is 13.2 Å². The lowest BCUT2D eigenvalue weighted by atomic mass is 10.0. The molecule has 1 rings (SSSR count). The molecule has 0 aromatic heterocycles. The van der Waals surface area contributed by atoms with Gasteiger partial charge in [0.1, 0.15) is 0 Å². The summed E-state index contributed by atoms with van der Waals surface area (Å²) in [6.45, 7) is 7.35. The van der Waals surface area contributed by atoms with E-state index in [4.69, 9.17) is 4.74 Å². The Bertz CT molecular complexity index is 436. The van der Waals surface area contributed by atoms with E-state index < -0.39 is 15.6 Å². The predicted molar refractivity (Wildman–Crippen MR) is 76.8 cm³/mol. The van der Waals surface area contributed by atoms with Crippen LogP contribution in [0.2, 0.25) is 0 Å². The van der Waals surface area contributed by atoms with Crippen molar-refractivity contribution in [1.29, 1.82) is 0 Å². The normalized spacial score (nSPS) is 23.8. The number of ether oxygens (including phenoxy) is 1. The van der Waals surface area contributed by atoms with E-state index in [1.54, 1.807) is 13.8 Å². The van der Waals surface area contributed by atoms with Gasteiger partial charge in [0.15, 0.2) is 0 Å². The molecule has 0 radical (unpaired) electrons. The van der Waals surface area contributed by atoms with Gasteiger partial charge in [0.05, 0.1) is 25.4 Å². The number of rotatable bonds is 7. The lowest BCUT2D eigenvalue weighted by Crippen LogP contribution is -2.53. The van der Waals surface area contributed by atoms with Crippen molar-refractivity contribution in [1.82, 2.24) is 15.4 Å². The number of carbonyl (C=O) groups excluding carboxylic acids is 1. The summed E-state index contributed by atoms with van der Waals surface area (Å²) in [5.74, 6) is -0.346. The summed E-state index contributed by atoms with van der Waals surface area (Å²) in [5.41, 5.74) is -0.726. The fraction of sp³-hybridized carbons (Fsp3) is 0.917. The maximum atomic E-state index is 12.1. The first-order valence-corrected chi connectivity index (χ1v) is 8.61. The van der Waals surface area contributed by atoms with Crippen LogP contribution >= 0.6 is 0 Å². The largest absolute Gasteiger partial charge is 0.379 e. The van der Waals surface area contributed by atoms with Gasteiger partial charge in [-0.25, -0.2) is 13.1 Å². The third kappa shape index (κ3) is 5.74. The Morgan fingerprint density at radius 3 is 2.55 bits per heavy atom. The van der Waals surface area contributed by atoms with E-state index in [2.05, 4.69) is 15.4 Å². The number of carbonyl (C=O) groups is 1. The van der Waals surface area contributed by atoms with Crippen LogP contribution in [0.5, 0.6) is 0 Å². The molecule has 1 aliphatic rings. The average Bonchev–Trinajstić information content (AvgIpc) is 2.71. The monoisotopic (exact) mass is 307 g/mol. The Hall–Kier alpha value is -0.700. The van der Waals surface area contributed by atoms with Gasteiger partial charge in [0.2, 0.25) is 15.9 Å². The highest BCUT2D eigenvalue weighted by atomic mass is 32.2. The third-order valence-electron chi connectivity index (χ3n) is 3.05. The smallest absolute Gasteiger partial charge is 0.227 e. The van der Waals surface area contributed by atoms with Gasteiger partial charge in [-0.2, -0.15) is 0 Å². The van der Waals surface area contributed by atoms with Crippen molar-refractivity contribution in [2.45, 2.75) is 32.4 Å². The second-order valence-corrected chi connectivity index (χ2v) is 7.53. The first kappa shape index (κ1) is 17.4. The maximum Gasteiger partial charge on any atom is 0.227 e. The van der Waals surface area contributed by atoms with Gasteiger partial charge in [-0.3, -0.25) is 4.79 Å². The molecule has 0 saturated carbocycles. The zero-order valence-corrected chi connectivity index (χ0v) is 13.3. The van der Waals surface area contributed by atoms with E-state index in [1.165, 1.54) is 0 Å². The van der Waals surface area contributed by atoms with Crippen LogP contribution in [0, 0.1) is 5.92 Å². The summed E-state index contributed by atoms with van der Waals surface area (Å²) in [5, 5.41) is 6.00. The molecular weight excluding hydrogens is 282 g/mol. The molecule has 1 saturated heterocycles. The number of amides is 1. The van der Waals surface area contributed by atoms with Crippen LogP contribution in [0.25, 0.3) is 0 Å². The van der Waals surface area contributed by atoms with Crippen molar-refractivity contribution >= 4 is 15.9 Å². The van der Waals surface area contributed by atoms with Crippen molar-refractivity contribution in [3.05, 3.63) is 0 Å². The predicted octanol–water partition coefficient (Wildman–Crippen LogP) is -0.945. The van der Waals surface area contributed by atoms with Crippen LogP contribution in [0.15, 0.2) is 0 Å². The van der Waals surface area contributed by atoms with Crippen LogP contribution in [0.4, 0.5) is 0 Å². The molecule has 7 nitrogen and oxygen atoms in total. The highest BCUT2D eigenvalue weighted by Crippen LogP contribution is 2.14. The zero-order valence-electron chi connectivity index (χ0n) is 12.5. The topological polar surface area (TPSA) is 96.5 Å². The molecule has 20 heavy (non-hydrogen) atoms. The summed E-state index contributed by atoms with van der Waals surface area (Å²) in [6, 6.07) is 0.0194. The van der Waals surface area contributed by atoms with Crippen molar-refractivity contribution in [3.8, 4) is 0 Å². The first-order chi connectivity index (χ1) is 9.14. The van der Waals surface area contributed by atoms with Gasteiger partial charge in [0.25, 0.3) is 0 Å². The SMILES string of the molecule is CCNC1COCC1C(=O)NCC(C)(C)NS(C)(=O)=O. The first-order valence-electron chi connectivity index (χ1n) is 6.72. The Morgan fingerprint density at radius 1 is 1.35 bits per heavy atom. The minimum absolute atomic E-state index is 0.0194. The molecule has 1 amide bonds. The van der Waals surface area contributed by atoms with Crippen molar-refractivity contribution in [2.24, 2.45) is 5.92 Å². The third-order valence-corrected chi connectivity index (χ3v) is 3.97. The number of nitrogens with one attached hydrogen (secondary N) is 3. The zero-order chi connectivity index (χ0) is 15.4. The van der Waals surface area contributed by atoms with Crippen molar-refractivity contribution in [2.75, 3.05) is 32.6 Å². The van der Waals surface area contributed by atoms with Crippen LogP contribution < -0.4 is 15.4 Å². The highest BCUT2D eigenvalue weighted by Gasteiger charge is 2.34.